The normalized spacial score (nSPS) is 44.4. The second-order valence-corrected chi connectivity index (χ2v) is 8.21. The molecule has 1 heterocycles. The van der Waals surface area contributed by atoms with Gasteiger partial charge in [0.25, 0.3) is 0 Å². The lowest BCUT2D eigenvalue weighted by atomic mass is 9.50. The lowest BCUT2D eigenvalue weighted by Gasteiger charge is -2.44. The summed E-state index contributed by atoms with van der Waals surface area (Å²) < 4.78 is 12.7. The van der Waals surface area contributed by atoms with Crippen LogP contribution >= 0.6 is 0 Å². The third-order valence-corrected chi connectivity index (χ3v) is 6.32. The van der Waals surface area contributed by atoms with Gasteiger partial charge in [0.05, 0.1) is 11.2 Å². The Morgan fingerprint density at radius 1 is 0.947 bits per heavy atom. The Hall–Kier alpha value is -0.0151. The number of hydrogen-bond donors (Lipinski definition) is 0. The van der Waals surface area contributed by atoms with E-state index < -0.39 is 0 Å². The van der Waals surface area contributed by atoms with Gasteiger partial charge in [-0.3, -0.25) is 0 Å². The molecule has 3 fully saturated rings. The SMILES string of the molecule is CC1CC2CCCC(C2)C1B1OC(C)(C)C(C)(C)O1. The fourth-order valence-electron chi connectivity index (χ4n) is 4.58. The molecule has 2 nitrogen and oxygen atoms in total. The number of hydrogen-bond acceptors (Lipinski definition) is 2. The molecule has 0 radical (unpaired) electrons. The average Bonchev–Trinajstić information content (AvgIpc) is 2.47. The Morgan fingerprint density at radius 2 is 1.58 bits per heavy atom. The van der Waals surface area contributed by atoms with Crippen molar-refractivity contribution in [2.45, 2.75) is 83.7 Å². The predicted molar refractivity (Wildman–Crippen MR) is 79.1 cm³/mol. The van der Waals surface area contributed by atoms with Crippen molar-refractivity contribution in [1.29, 1.82) is 0 Å². The largest absolute Gasteiger partial charge is 0.461 e. The Kier molecular flexibility index (Phi) is 3.30. The number of fused-ring (bicyclic) bond motifs is 2. The molecule has 19 heavy (non-hydrogen) atoms. The van der Waals surface area contributed by atoms with Crippen molar-refractivity contribution < 1.29 is 9.31 Å². The zero-order valence-corrected chi connectivity index (χ0v) is 13.2. The summed E-state index contributed by atoms with van der Waals surface area (Å²) in [4.78, 5) is 0. The molecule has 2 bridgehead atoms. The summed E-state index contributed by atoms with van der Waals surface area (Å²) in [6, 6.07) is 0. The van der Waals surface area contributed by atoms with Crippen LogP contribution in [-0.2, 0) is 9.31 Å². The summed E-state index contributed by atoms with van der Waals surface area (Å²) in [5.74, 6) is 3.17. The molecule has 4 unspecified atom stereocenters. The van der Waals surface area contributed by atoms with E-state index in [1.165, 1.54) is 32.1 Å². The van der Waals surface area contributed by atoms with Crippen molar-refractivity contribution in [1.82, 2.24) is 0 Å². The van der Waals surface area contributed by atoms with Gasteiger partial charge in [0, 0.05) is 0 Å². The van der Waals surface area contributed by atoms with E-state index in [2.05, 4.69) is 34.6 Å². The highest BCUT2D eigenvalue weighted by Gasteiger charge is 2.57. The minimum Gasteiger partial charge on any atom is -0.403 e. The quantitative estimate of drug-likeness (QED) is 0.657. The molecule has 3 heteroatoms. The van der Waals surface area contributed by atoms with Crippen LogP contribution in [0, 0.1) is 17.8 Å². The molecule has 0 aromatic heterocycles. The third-order valence-electron chi connectivity index (χ3n) is 6.32. The van der Waals surface area contributed by atoms with Crippen LogP contribution in [0.25, 0.3) is 0 Å². The van der Waals surface area contributed by atoms with E-state index in [9.17, 15) is 0 Å². The van der Waals surface area contributed by atoms with Crippen molar-refractivity contribution in [2.24, 2.45) is 17.8 Å². The van der Waals surface area contributed by atoms with Crippen LogP contribution in [0.15, 0.2) is 0 Å². The van der Waals surface area contributed by atoms with E-state index in [1.54, 1.807) is 0 Å². The first-order chi connectivity index (χ1) is 8.80. The van der Waals surface area contributed by atoms with Crippen LogP contribution in [0.5, 0.6) is 0 Å². The molecule has 3 aliphatic rings. The van der Waals surface area contributed by atoms with Gasteiger partial charge in [-0.25, -0.2) is 0 Å². The molecule has 0 aromatic rings. The van der Waals surface area contributed by atoms with Crippen LogP contribution in [0.1, 0.15) is 66.7 Å². The zero-order chi connectivity index (χ0) is 13.8. The third kappa shape index (κ3) is 2.27. The maximum Gasteiger partial charge on any atom is 0.461 e. The molecule has 108 valence electrons. The smallest absolute Gasteiger partial charge is 0.403 e. The Morgan fingerprint density at radius 3 is 2.21 bits per heavy atom. The zero-order valence-electron chi connectivity index (χ0n) is 13.2. The first kappa shape index (κ1) is 13.9. The highest BCUT2D eigenvalue weighted by atomic mass is 16.7. The van der Waals surface area contributed by atoms with Crippen molar-refractivity contribution in [3.8, 4) is 0 Å². The van der Waals surface area contributed by atoms with Gasteiger partial charge >= 0.3 is 7.12 Å². The van der Waals surface area contributed by atoms with Crippen LogP contribution in [-0.4, -0.2) is 18.3 Å². The van der Waals surface area contributed by atoms with Crippen LogP contribution in [0.2, 0.25) is 5.82 Å². The maximum atomic E-state index is 6.34. The van der Waals surface area contributed by atoms with Crippen LogP contribution in [0.3, 0.4) is 0 Å². The highest BCUT2D eigenvalue weighted by molar-refractivity contribution is 6.47. The first-order valence-electron chi connectivity index (χ1n) is 8.16. The average molecular weight is 264 g/mol. The van der Waals surface area contributed by atoms with Crippen LogP contribution in [0.4, 0.5) is 0 Å². The van der Waals surface area contributed by atoms with E-state index in [-0.39, 0.29) is 18.3 Å². The molecule has 3 rings (SSSR count). The summed E-state index contributed by atoms with van der Waals surface area (Å²) >= 11 is 0. The minimum atomic E-state index is -0.178. The van der Waals surface area contributed by atoms with Gasteiger partial charge in [0.15, 0.2) is 0 Å². The monoisotopic (exact) mass is 264 g/mol. The molecule has 0 aromatic carbocycles. The van der Waals surface area contributed by atoms with Gasteiger partial charge < -0.3 is 9.31 Å². The second-order valence-electron chi connectivity index (χ2n) is 8.21. The Labute approximate surface area is 118 Å². The van der Waals surface area contributed by atoms with Crippen molar-refractivity contribution >= 4 is 7.12 Å². The van der Waals surface area contributed by atoms with Gasteiger partial charge in [-0.2, -0.15) is 0 Å². The molecule has 0 amide bonds. The first-order valence-corrected chi connectivity index (χ1v) is 8.16. The standard InChI is InChI=1S/C16H29BO2/c1-11-9-12-7-6-8-13(10-12)14(11)17-18-15(2,3)16(4,5)19-17/h11-14H,6-10H2,1-5H3. The molecule has 0 N–H and O–H groups in total. The lowest BCUT2D eigenvalue weighted by molar-refractivity contribution is 0.00578. The van der Waals surface area contributed by atoms with Gasteiger partial charge in [-0.1, -0.05) is 26.2 Å². The predicted octanol–water partition coefficient (Wildman–Crippen LogP) is 4.30. The molecule has 0 spiro atoms. The summed E-state index contributed by atoms with van der Waals surface area (Å²) in [7, 11) is 0.0176. The summed E-state index contributed by atoms with van der Waals surface area (Å²) in [5.41, 5.74) is -0.355. The lowest BCUT2D eigenvalue weighted by Crippen LogP contribution is -2.41. The molecule has 1 saturated heterocycles. The molecule has 2 aliphatic carbocycles. The van der Waals surface area contributed by atoms with Gasteiger partial charge in [-0.05, 0) is 64.1 Å². The molecule has 1 aliphatic heterocycles. The Bertz CT molecular complexity index is 335. The molecular formula is C16H29BO2. The van der Waals surface area contributed by atoms with E-state index in [4.69, 9.17) is 9.31 Å². The van der Waals surface area contributed by atoms with Gasteiger partial charge in [-0.15, -0.1) is 0 Å². The van der Waals surface area contributed by atoms with Gasteiger partial charge in [0.2, 0.25) is 0 Å². The summed E-state index contributed by atoms with van der Waals surface area (Å²) in [6.45, 7) is 11.1. The van der Waals surface area contributed by atoms with E-state index >= 15 is 0 Å². The fraction of sp³-hybridized carbons (Fsp3) is 1.00. The van der Waals surface area contributed by atoms with Crippen LogP contribution < -0.4 is 0 Å². The molecule has 2 saturated carbocycles. The summed E-state index contributed by atoms with van der Waals surface area (Å²) in [6.07, 6.45) is 7.05. The second kappa shape index (κ2) is 4.49. The fourth-order valence-corrected chi connectivity index (χ4v) is 4.58. The minimum absolute atomic E-state index is 0.0176. The van der Waals surface area contributed by atoms with Crippen molar-refractivity contribution in [3.63, 3.8) is 0 Å². The summed E-state index contributed by atoms with van der Waals surface area (Å²) in [5, 5.41) is 0. The Balaban J connectivity index is 1.79. The van der Waals surface area contributed by atoms with E-state index in [0.29, 0.717) is 5.82 Å². The van der Waals surface area contributed by atoms with Gasteiger partial charge in [0.1, 0.15) is 0 Å². The van der Waals surface area contributed by atoms with Crippen molar-refractivity contribution in [2.75, 3.05) is 0 Å². The van der Waals surface area contributed by atoms with E-state index in [0.717, 1.165) is 17.8 Å². The van der Waals surface area contributed by atoms with E-state index in [1.807, 2.05) is 0 Å². The molecular weight excluding hydrogens is 235 g/mol. The topological polar surface area (TPSA) is 18.5 Å². The van der Waals surface area contributed by atoms with Crippen molar-refractivity contribution in [3.05, 3.63) is 0 Å². The maximum absolute atomic E-state index is 6.34. The number of rotatable bonds is 1. The highest BCUT2D eigenvalue weighted by Crippen LogP contribution is 2.53. The molecule has 4 atom stereocenters.